The Hall–Kier alpha value is -1.90. The summed E-state index contributed by atoms with van der Waals surface area (Å²) < 4.78 is 0. The minimum atomic E-state index is -0.563. The lowest BCUT2D eigenvalue weighted by Crippen LogP contribution is -2.34. The number of likely N-dealkylation sites (tertiary alicyclic amines) is 1. The van der Waals surface area contributed by atoms with Crippen molar-refractivity contribution in [2.45, 2.75) is 6.42 Å². The van der Waals surface area contributed by atoms with Gasteiger partial charge >= 0.3 is 6.03 Å². The van der Waals surface area contributed by atoms with Gasteiger partial charge < -0.3 is 20.4 Å². The number of carbonyl (C=O) groups is 1. The molecule has 0 aromatic heterocycles. The molecule has 126 valence electrons. The van der Waals surface area contributed by atoms with Gasteiger partial charge in [0.15, 0.2) is 0 Å². The predicted octanol–water partition coefficient (Wildman–Crippen LogP) is 1.70. The van der Waals surface area contributed by atoms with Crippen LogP contribution in [-0.2, 0) is 0 Å². The van der Waals surface area contributed by atoms with E-state index in [1.807, 2.05) is 0 Å². The normalized spacial score (nSPS) is 17.6. The second-order valence-electron chi connectivity index (χ2n) is 5.47. The van der Waals surface area contributed by atoms with Gasteiger partial charge in [-0.3, -0.25) is 10.1 Å². The fourth-order valence-electron chi connectivity index (χ4n) is 2.63. The third-order valence-electron chi connectivity index (χ3n) is 4.05. The number of hydrogen-bond donors (Lipinski definition) is 3. The van der Waals surface area contributed by atoms with Crippen molar-refractivity contribution in [1.82, 2.24) is 4.90 Å². The zero-order valence-electron chi connectivity index (χ0n) is 12.3. The van der Waals surface area contributed by atoms with Gasteiger partial charge in [-0.05, 0) is 18.4 Å². The molecule has 1 fully saturated rings. The number of non-ortho nitro benzene ring substituents is 1. The van der Waals surface area contributed by atoms with Gasteiger partial charge in [-0.2, -0.15) is 0 Å². The van der Waals surface area contributed by atoms with Crippen LogP contribution in [0.4, 0.5) is 16.2 Å². The number of aliphatic hydroxyl groups is 2. The summed E-state index contributed by atoms with van der Waals surface area (Å²) in [7, 11) is 0. The minimum absolute atomic E-state index is 0.0445. The van der Waals surface area contributed by atoms with Crippen LogP contribution in [0.1, 0.15) is 6.42 Å². The molecule has 1 heterocycles. The molecule has 1 atom stereocenters. The van der Waals surface area contributed by atoms with Crippen molar-refractivity contribution in [3.05, 3.63) is 33.3 Å². The third kappa shape index (κ3) is 4.10. The van der Waals surface area contributed by atoms with Crippen molar-refractivity contribution < 1.29 is 19.9 Å². The van der Waals surface area contributed by atoms with Crippen LogP contribution in [0.2, 0.25) is 5.02 Å². The van der Waals surface area contributed by atoms with E-state index in [2.05, 4.69) is 5.32 Å². The number of halogens is 1. The Labute approximate surface area is 137 Å². The third-order valence-corrected chi connectivity index (χ3v) is 4.37. The van der Waals surface area contributed by atoms with Crippen molar-refractivity contribution in [2.24, 2.45) is 11.8 Å². The van der Waals surface area contributed by atoms with E-state index in [0.29, 0.717) is 25.2 Å². The second-order valence-corrected chi connectivity index (χ2v) is 5.88. The Morgan fingerprint density at radius 3 is 2.74 bits per heavy atom. The molecular formula is C14H18ClN3O5. The van der Waals surface area contributed by atoms with E-state index in [1.165, 1.54) is 18.2 Å². The van der Waals surface area contributed by atoms with Gasteiger partial charge in [0.2, 0.25) is 0 Å². The smallest absolute Gasteiger partial charge is 0.321 e. The van der Waals surface area contributed by atoms with E-state index in [4.69, 9.17) is 11.6 Å². The summed E-state index contributed by atoms with van der Waals surface area (Å²) in [4.78, 5) is 23.9. The molecule has 8 nitrogen and oxygen atoms in total. The Kier molecular flexibility index (Phi) is 5.75. The largest absolute Gasteiger partial charge is 0.396 e. The molecule has 1 saturated heterocycles. The topological polar surface area (TPSA) is 116 Å². The molecule has 0 radical (unpaired) electrons. The summed E-state index contributed by atoms with van der Waals surface area (Å²) >= 11 is 5.94. The summed E-state index contributed by atoms with van der Waals surface area (Å²) in [5.41, 5.74) is 0.148. The second kappa shape index (κ2) is 7.58. The van der Waals surface area contributed by atoms with Crippen LogP contribution < -0.4 is 5.32 Å². The van der Waals surface area contributed by atoms with Crippen LogP contribution in [0.15, 0.2) is 18.2 Å². The quantitative estimate of drug-likeness (QED) is 0.556. The van der Waals surface area contributed by atoms with Gasteiger partial charge in [-0.25, -0.2) is 4.79 Å². The zero-order valence-corrected chi connectivity index (χ0v) is 13.1. The lowest BCUT2D eigenvalue weighted by atomic mass is 9.93. The van der Waals surface area contributed by atoms with Crippen molar-refractivity contribution >= 4 is 29.0 Å². The number of rotatable bonds is 5. The van der Waals surface area contributed by atoms with Crippen molar-refractivity contribution in [1.29, 1.82) is 0 Å². The van der Waals surface area contributed by atoms with E-state index >= 15 is 0 Å². The maximum absolute atomic E-state index is 12.2. The first-order valence-corrected chi connectivity index (χ1v) is 7.55. The Balaban J connectivity index is 1.99. The zero-order chi connectivity index (χ0) is 17.0. The van der Waals surface area contributed by atoms with Crippen LogP contribution >= 0.6 is 11.6 Å². The first kappa shape index (κ1) is 17.5. The van der Waals surface area contributed by atoms with E-state index in [1.54, 1.807) is 4.90 Å². The summed E-state index contributed by atoms with van der Waals surface area (Å²) in [6, 6.07) is 3.47. The molecule has 23 heavy (non-hydrogen) atoms. The van der Waals surface area contributed by atoms with Crippen molar-refractivity contribution in [3.63, 3.8) is 0 Å². The van der Waals surface area contributed by atoms with E-state index < -0.39 is 4.92 Å². The summed E-state index contributed by atoms with van der Waals surface area (Å²) in [6.45, 7) is 0.704. The number of nitrogens with zero attached hydrogens (tertiary/aromatic N) is 2. The molecule has 9 heteroatoms. The fraction of sp³-hybridized carbons (Fsp3) is 0.500. The number of nitro groups is 1. The lowest BCUT2D eigenvalue weighted by molar-refractivity contribution is -0.384. The molecule has 2 amide bonds. The summed E-state index contributed by atoms with van der Waals surface area (Å²) in [6.07, 6.45) is 0.702. The molecule has 0 bridgehead atoms. The number of benzene rings is 1. The highest BCUT2D eigenvalue weighted by atomic mass is 35.5. The molecule has 0 aliphatic carbocycles. The van der Waals surface area contributed by atoms with Crippen LogP contribution in [-0.4, -0.2) is 52.4 Å². The molecular weight excluding hydrogens is 326 g/mol. The Bertz CT molecular complexity index is 594. The SMILES string of the molecule is O=C(Nc1ccc([N+](=O)[O-])cc1Cl)N1CC[C@@H](C(CO)CO)C1. The highest BCUT2D eigenvalue weighted by molar-refractivity contribution is 6.33. The van der Waals surface area contributed by atoms with Gasteiger partial charge in [0.05, 0.1) is 15.6 Å². The van der Waals surface area contributed by atoms with Crippen LogP contribution in [0.25, 0.3) is 0 Å². The summed E-state index contributed by atoms with van der Waals surface area (Å²) in [5.74, 6) is -0.196. The average molecular weight is 344 g/mol. The number of urea groups is 1. The maximum atomic E-state index is 12.2. The van der Waals surface area contributed by atoms with Gasteiger partial charge in [-0.15, -0.1) is 0 Å². The van der Waals surface area contributed by atoms with Crippen LogP contribution in [0, 0.1) is 22.0 Å². The highest BCUT2D eigenvalue weighted by Gasteiger charge is 2.31. The van der Waals surface area contributed by atoms with Crippen LogP contribution in [0.5, 0.6) is 0 Å². The fourth-order valence-corrected chi connectivity index (χ4v) is 2.85. The number of amides is 2. The molecule has 0 spiro atoms. The Morgan fingerprint density at radius 2 is 2.17 bits per heavy atom. The minimum Gasteiger partial charge on any atom is -0.396 e. The average Bonchev–Trinajstić information content (AvgIpc) is 3.00. The predicted molar refractivity (Wildman–Crippen MR) is 84.5 cm³/mol. The monoisotopic (exact) mass is 343 g/mol. The number of nitrogens with one attached hydrogen (secondary N) is 1. The van der Waals surface area contributed by atoms with Gasteiger partial charge in [0.1, 0.15) is 0 Å². The van der Waals surface area contributed by atoms with E-state index in [-0.39, 0.29) is 41.8 Å². The van der Waals surface area contributed by atoms with E-state index in [9.17, 15) is 25.1 Å². The van der Waals surface area contributed by atoms with Gasteiger partial charge in [-0.1, -0.05) is 11.6 Å². The van der Waals surface area contributed by atoms with E-state index in [0.717, 1.165) is 0 Å². The molecule has 1 aliphatic heterocycles. The molecule has 1 aromatic carbocycles. The van der Waals surface area contributed by atoms with Crippen molar-refractivity contribution in [2.75, 3.05) is 31.6 Å². The highest BCUT2D eigenvalue weighted by Crippen LogP contribution is 2.28. The van der Waals surface area contributed by atoms with Gasteiger partial charge in [0, 0.05) is 44.4 Å². The Morgan fingerprint density at radius 1 is 1.48 bits per heavy atom. The number of hydrogen-bond acceptors (Lipinski definition) is 5. The number of carbonyl (C=O) groups excluding carboxylic acids is 1. The molecule has 1 aromatic rings. The molecule has 3 N–H and O–H groups in total. The lowest BCUT2D eigenvalue weighted by Gasteiger charge is -2.21. The molecule has 1 aliphatic rings. The standard InChI is InChI=1S/C14H18ClN3O5/c15-12-5-11(18(22)23)1-2-13(12)16-14(21)17-4-3-9(6-17)10(7-19)8-20/h1-2,5,9-10,19-20H,3-4,6-8H2,(H,16,21)/t9-/m1/s1. The first-order chi connectivity index (χ1) is 11.0. The first-order valence-electron chi connectivity index (χ1n) is 7.17. The molecule has 2 rings (SSSR count). The number of anilines is 1. The molecule has 0 saturated carbocycles. The maximum Gasteiger partial charge on any atom is 0.321 e. The summed E-state index contributed by atoms with van der Waals surface area (Å²) in [5, 5.41) is 31.8. The van der Waals surface area contributed by atoms with Crippen molar-refractivity contribution in [3.8, 4) is 0 Å². The van der Waals surface area contributed by atoms with Crippen LogP contribution in [0.3, 0.4) is 0 Å². The van der Waals surface area contributed by atoms with Gasteiger partial charge in [0.25, 0.3) is 5.69 Å². The molecule has 0 unspecified atom stereocenters. The number of nitro benzene ring substituents is 1. The number of aliphatic hydroxyl groups excluding tert-OH is 2.